The number of halogens is 4. The molecule has 1 fully saturated rings. The van der Waals surface area contributed by atoms with Gasteiger partial charge < -0.3 is 25.6 Å². The summed E-state index contributed by atoms with van der Waals surface area (Å²) in [5, 5.41) is 12.6. The molecule has 8 rings (SSSR count). The third-order valence-corrected chi connectivity index (χ3v) is 9.43. The van der Waals surface area contributed by atoms with Crippen LogP contribution in [0.5, 0.6) is 0 Å². The van der Waals surface area contributed by atoms with E-state index < -0.39 is 11.7 Å². The van der Waals surface area contributed by atoms with E-state index in [1.165, 1.54) is 23.3 Å². The van der Waals surface area contributed by atoms with Crippen LogP contribution in [0.1, 0.15) is 27.8 Å². The summed E-state index contributed by atoms with van der Waals surface area (Å²) in [6.45, 7) is 6.48. The van der Waals surface area contributed by atoms with Gasteiger partial charge >= 0.3 is 6.18 Å². The van der Waals surface area contributed by atoms with E-state index >= 15 is 0 Å². The number of morpholine rings is 1. The second-order valence-corrected chi connectivity index (χ2v) is 13.7. The monoisotopic (exact) mass is 776 g/mol. The summed E-state index contributed by atoms with van der Waals surface area (Å²) >= 11 is 5.97. The predicted molar refractivity (Wildman–Crippen MR) is 218 cm³/mol. The summed E-state index contributed by atoms with van der Waals surface area (Å²) in [4.78, 5) is 20.7. The maximum atomic E-state index is 12.7. The Hall–Kier alpha value is -5.98. The third-order valence-electron chi connectivity index (χ3n) is 9.17. The van der Waals surface area contributed by atoms with E-state index in [2.05, 4.69) is 67.0 Å². The van der Waals surface area contributed by atoms with Crippen molar-refractivity contribution in [3.05, 3.63) is 154 Å². The van der Waals surface area contributed by atoms with Gasteiger partial charge in [-0.3, -0.25) is 0 Å². The number of nitrogens with one attached hydrogen (secondary N) is 3. The Morgan fingerprint density at radius 1 is 0.607 bits per heavy atom. The lowest BCUT2D eigenvalue weighted by atomic mass is 10.1. The van der Waals surface area contributed by atoms with Gasteiger partial charge in [-0.1, -0.05) is 90.0 Å². The number of anilines is 4. The maximum absolute atomic E-state index is 12.7. The highest BCUT2D eigenvalue weighted by Crippen LogP contribution is 2.30. The minimum atomic E-state index is -4.33. The summed E-state index contributed by atoms with van der Waals surface area (Å²) in [6, 6.07) is 37.1. The molecule has 0 amide bonds. The molecular formula is C43H40ClF3N8O. The summed E-state index contributed by atoms with van der Waals surface area (Å²) < 4.78 is 43.5. The molecule has 0 aliphatic carbocycles. The SMILES string of the molecule is Cc1ccc(CNc2nc(NCc3ccc(Cl)cc3)c3ccccc3n2)cc1.FC(F)(F)c1ccc(CNc2nc(N3CCOCC3)nc3ccccc23)cc1. The number of fused-ring (bicyclic) bond motifs is 2. The van der Waals surface area contributed by atoms with Crippen LogP contribution in [0, 0.1) is 6.92 Å². The molecule has 7 aromatic rings. The standard InChI is InChI=1S/C23H21ClN4.C20H19F3N4O/c1-16-6-8-17(9-7-16)15-26-23-27-21-5-3-2-4-20(21)22(28-23)25-14-18-10-12-19(24)13-11-18;21-20(22,23)15-7-5-14(6-8-15)13-24-18-16-3-1-2-4-17(16)25-19(26-18)27-9-11-28-12-10-27/h2-13H,14-15H2,1H3,(H2,25,26,27,28);1-8H,9-13H2,(H,24,25,26). The van der Waals surface area contributed by atoms with Crippen LogP contribution in [0.3, 0.4) is 0 Å². The van der Waals surface area contributed by atoms with Gasteiger partial charge in [0.05, 0.1) is 29.8 Å². The van der Waals surface area contributed by atoms with Gasteiger partial charge in [0.1, 0.15) is 11.6 Å². The first kappa shape index (κ1) is 38.3. The van der Waals surface area contributed by atoms with Crippen LogP contribution >= 0.6 is 11.6 Å². The highest BCUT2D eigenvalue weighted by atomic mass is 35.5. The Labute approximate surface area is 328 Å². The van der Waals surface area contributed by atoms with Crippen molar-refractivity contribution in [1.82, 2.24) is 19.9 Å². The molecular weight excluding hydrogens is 737 g/mol. The lowest BCUT2D eigenvalue weighted by Gasteiger charge is -2.27. The zero-order valence-corrected chi connectivity index (χ0v) is 31.4. The number of hydrogen-bond donors (Lipinski definition) is 3. The Kier molecular flexibility index (Phi) is 12.1. The second-order valence-electron chi connectivity index (χ2n) is 13.3. The molecule has 0 atom stereocenters. The van der Waals surface area contributed by atoms with Crippen molar-refractivity contribution < 1.29 is 17.9 Å². The van der Waals surface area contributed by atoms with E-state index in [0.29, 0.717) is 50.6 Å². The van der Waals surface area contributed by atoms with Crippen molar-refractivity contribution in [2.75, 3.05) is 47.2 Å². The predicted octanol–water partition coefficient (Wildman–Crippen LogP) is 9.91. The lowest BCUT2D eigenvalue weighted by Crippen LogP contribution is -2.37. The minimum absolute atomic E-state index is 0.363. The molecule has 0 bridgehead atoms. The Morgan fingerprint density at radius 2 is 1.11 bits per heavy atom. The number of rotatable bonds is 10. The van der Waals surface area contributed by atoms with Crippen molar-refractivity contribution in [3.8, 4) is 0 Å². The van der Waals surface area contributed by atoms with E-state index in [-0.39, 0.29) is 0 Å². The number of para-hydroxylation sites is 2. The van der Waals surface area contributed by atoms with E-state index in [0.717, 1.165) is 69.0 Å². The van der Waals surface area contributed by atoms with Gasteiger partial charge in [0.25, 0.3) is 0 Å². The molecule has 9 nitrogen and oxygen atoms in total. The van der Waals surface area contributed by atoms with Gasteiger partial charge in [-0.2, -0.15) is 23.1 Å². The molecule has 0 unspecified atom stereocenters. The summed E-state index contributed by atoms with van der Waals surface area (Å²) in [7, 11) is 0. The fourth-order valence-corrected chi connectivity index (χ4v) is 6.19. The summed E-state index contributed by atoms with van der Waals surface area (Å²) in [5.41, 5.74) is 5.39. The summed E-state index contributed by atoms with van der Waals surface area (Å²) in [5.74, 6) is 2.70. The Morgan fingerprint density at radius 3 is 1.70 bits per heavy atom. The number of aryl methyl sites for hydroxylation is 1. The number of ether oxygens (including phenoxy) is 1. The van der Waals surface area contributed by atoms with Crippen LogP contribution in [0.2, 0.25) is 5.02 Å². The van der Waals surface area contributed by atoms with Crippen LogP contribution in [-0.4, -0.2) is 46.2 Å². The van der Waals surface area contributed by atoms with E-state index in [4.69, 9.17) is 21.3 Å². The molecule has 56 heavy (non-hydrogen) atoms. The van der Waals surface area contributed by atoms with Gasteiger partial charge in [0, 0.05) is 48.5 Å². The molecule has 0 radical (unpaired) electrons. The highest BCUT2D eigenvalue weighted by molar-refractivity contribution is 6.30. The first-order chi connectivity index (χ1) is 27.2. The highest BCUT2D eigenvalue weighted by Gasteiger charge is 2.30. The first-order valence-corrected chi connectivity index (χ1v) is 18.6. The summed E-state index contributed by atoms with van der Waals surface area (Å²) in [6.07, 6.45) is -4.33. The fourth-order valence-electron chi connectivity index (χ4n) is 6.07. The average Bonchev–Trinajstić information content (AvgIpc) is 3.22. The molecule has 1 aliphatic rings. The molecule has 5 aromatic carbocycles. The third kappa shape index (κ3) is 10.0. The molecule has 1 saturated heterocycles. The zero-order valence-electron chi connectivity index (χ0n) is 30.7. The minimum Gasteiger partial charge on any atom is -0.378 e. The van der Waals surface area contributed by atoms with Gasteiger partial charge in [-0.05, 0) is 72.1 Å². The Balaban J connectivity index is 0.000000172. The fraction of sp³-hybridized carbons (Fsp3) is 0.209. The van der Waals surface area contributed by atoms with Crippen LogP contribution in [0.25, 0.3) is 21.8 Å². The zero-order chi connectivity index (χ0) is 38.9. The molecule has 3 N–H and O–H groups in total. The smallest absolute Gasteiger partial charge is 0.378 e. The van der Waals surface area contributed by atoms with Crippen molar-refractivity contribution in [2.45, 2.75) is 32.7 Å². The van der Waals surface area contributed by atoms with Crippen molar-refractivity contribution >= 4 is 56.9 Å². The molecule has 13 heteroatoms. The molecule has 3 heterocycles. The maximum Gasteiger partial charge on any atom is 0.416 e. The van der Waals surface area contributed by atoms with Gasteiger partial charge in [0.2, 0.25) is 11.9 Å². The number of nitrogens with zero attached hydrogens (tertiary/aromatic N) is 5. The topological polar surface area (TPSA) is 100 Å². The van der Waals surface area contributed by atoms with E-state index in [9.17, 15) is 13.2 Å². The van der Waals surface area contributed by atoms with Crippen LogP contribution in [-0.2, 0) is 30.5 Å². The van der Waals surface area contributed by atoms with E-state index in [1.807, 2.05) is 72.8 Å². The van der Waals surface area contributed by atoms with Crippen molar-refractivity contribution in [1.29, 1.82) is 0 Å². The molecule has 1 aliphatic heterocycles. The quantitative estimate of drug-likeness (QED) is 0.125. The number of benzene rings is 5. The molecule has 0 saturated carbocycles. The molecule has 0 spiro atoms. The number of hydrogen-bond acceptors (Lipinski definition) is 9. The van der Waals surface area contributed by atoms with Gasteiger partial charge in [-0.15, -0.1) is 0 Å². The van der Waals surface area contributed by atoms with Crippen LogP contribution in [0.15, 0.2) is 121 Å². The Bertz CT molecular complexity index is 2370. The van der Waals surface area contributed by atoms with Crippen LogP contribution < -0.4 is 20.9 Å². The van der Waals surface area contributed by atoms with Crippen molar-refractivity contribution in [3.63, 3.8) is 0 Å². The average molecular weight is 777 g/mol. The van der Waals surface area contributed by atoms with E-state index in [1.54, 1.807) is 0 Å². The van der Waals surface area contributed by atoms with Crippen molar-refractivity contribution in [2.24, 2.45) is 0 Å². The number of aromatic nitrogens is 4. The lowest BCUT2D eigenvalue weighted by molar-refractivity contribution is -0.137. The molecule has 2 aromatic heterocycles. The van der Waals surface area contributed by atoms with Gasteiger partial charge in [0.15, 0.2) is 0 Å². The van der Waals surface area contributed by atoms with Gasteiger partial charge in [-0.25, -0.2) is 9.97 Å². The number of alkyl halides is 3. The largest absolute Gasteiger partial charge is 0.416 e. The second kappa shape index (κ2) is 17.7. The molecule has 286 valence electrons. The normalized spacial score (nSPS) is 12.9. The van der Waals surface area contributed by atoms with Crippen LogP contribution in [0.4, 0.5) is 36.7 Å². The first-order valence-electron chi connectivity index (χ1n) is 18.2.